The summed E-state index contributed by atoms with van der Waals surface area (Å²) in [5, 5.41) is 1.63. The van der Waals surface area contributed by atoms with Gasteiger partial charge < -0.3 is 4.72 Å². The van der Waals surface area contributed by atoms with Crippen molar-refractivity contribution in [1.29, 1.82) is 0 Å². The highest BCUT2D eigenvalue weighted by Gasteiger charge is 2.06. The lowest BCUT2D eigenvalue weighted by atomic mass is 10.1. The van der Waals surface area contributed by atoms with Crippen molar-refractivity contribution < 1.29 is 4.21 Å². The van der Waals surface area contributed by atoms with Crippen molar-refractivity contribution >= 4 is 11.0 Å². The summed E-state index contributed by atoms with van der Waals surface area (Å²) < 4.78 is 13.7. The molecule has 10 heavy (non-hydrogen) atoms. The van der Waals surface area contributed by atoms with Gasteiger partial charge in [0.2, 0.25) is 0 Å². The fourth-order valence-electron chi connectivity index (χ4n) is 0.709. The van der Waals surface area contributed by atoms with Gasteiger partial charge in [-0.1, -0.05) is 13.8 Å². The van der Waals surface area contributed by atoms with E-state index >= 15 is 0 Å². The van der Waals surface area contributed by atoms with E-state index in [1.807, 2.05) is 12.2 Å². The summed E-state index contributed by atoms with van der Waals surface area (Å²) in [6, 6.07) is 0. The zero-order valence-corrected chi connectivity index (χ0v) is 6.94. The van der Waals surface area contributed by atoms with E-state index in [-0.39, 0.29) is 0 Å². The Labute approximate surface area is 63.6 Å². The molecule has 0 amide bonds. The second kappa shape index (κ2) is 3.01. The first-order chi connectivity index (χ1) is 4.70. The standard InChI is InChI=1S/C7H11NOS/c1-6(2)7-4-3-5-10(9)8-7/h3-6,8H,1-2H3. The fourth-order valence-corrected chi connectivity index (χ4v) is 1.53. The molecule has 0 aromatic rings. The number of hydrogen-bond donors (Lipinski definition) is 1. The predicted octanol–water partition coefficient (Wildman–Crippen LogP) is 1.31. The van der Waals surface area contributed by atoms with Crippen molar-refractivity contribution in [3.8, 4) is 0 Å². The van der Waals surface area contributed by atoms with E-state index < -0.39 is 11.0 Å². The molecule has 1 aliphatic rings. The highest BCUT2D eigenvalue weighted by Crippen LogP contribution is 2.09. The Hall–Kier alpha value is -0.570. The molecule has 1 atom stereocenters. The number of nitrogens with one attached hydrogen (secondary N) is 1. The van der Waals surface area contributed by atoms with Crippen molar-refractivity contribution in [3.05, 3.63) is 23.3 Å². The minimum absolute atomic E-state index is 0.425. The van der Waals surface area contributed by atoms with Crippen molar-refractivity contribution in [1.82, 2.24) is 4.72 Å². The maximum Gasteiger partial charge on any atom is 0.142 e. The van der Waals surface area contributed by atoms with Gasteiger partial charge in [0.25, 0.3) is 0 Å². The third-order valence-corrected chi connectivity index (χ3v) is 2.16. The van der Waals surface area contributed by atoms with Crippen LogP contribution in [0.2, 0.25) is 0 Å². The molecule has 1 heterocycles. The third kappa shape index (κ3) is 1.70. The third-order valence-electron chi connectivity index (χ3n) is 1.32. The summed E-state index contributed by atoms with van der Waals surface area (Å²) in [5.41, 5.74) is 1.04. The minimum Gasteiger partial charge on any atom is -0.305 e. The highest BCUT2D eigenvalue weighted by molar-refractivity contribution is 7.86. The molecule has 0 bridgehead atoms. The molecule has 0 spiro atoms. The van der Waals surface area contributed by atoms with Gasteiger partial charge in [-0.15, -0.1) is 0 Å². The van der Waals surface area contributed by atoms with Crippen LogP contribution in [0.15, 0.2) is 23.3 Å². The maximum atomic E-state index is 10.9. The molecule has 0 aromatic heterocycles. The fraction of sp³-hybridized carbons (Fsp3) is 0.429. The SMILES string of the molecule is CC(C)C1=CC=CS(=O)N1. The van der Waals surface area contributed by atoms with Crippen LogP contribution in [0.1, 0.15) is 13.8 Å². The van der Waals surface area contributed by atoms with E-state index in [4.69, 9.17) is 0 Å². The molecule has 1 aliphatic heterocycles. The van der Waals surface area contributed by atoms with Crippen LogP contribution < -0.4 is 4.72 Å². The Morgan fingerprint density at radius 1 is 1.60 bits per heavy atom. The first-order valence-electron chi connectivity index (χ1n) is 3.26. The van der Waals surface area contributed by atoms with Gasteiger partial charge in [-0.3, -0.25) is 0 Å². The van der Waals surface area contributed by atoms with Crippen LogP contribution in [-0.2, 0) is 11.0 Å². The van der Waals surface area contributed by atoms with E-state index in [1.165, 1.54) is 0 Å². The molecule has 0 saturated heterocycles. The lowest BCUT2D eigenvalue weighted by Gasteiger charge is -2.13. The van der Waals surface area contributed by atoms with Crippen molar-refractivity contribution in [3.63, 3.8) is 0 Å². The normalized spacial score (nSPS) is 24.3. The maximum absolute atomic E-state index is 10.9. The Kier molecular flexibility index (Phi) is 2.27. The molecule has 0 aliphatic carbocycles. The van der Waals surface area contributed by atoms with E-state index in [9.17, 15) is 4.21 Å². The second-order valence-corrected chi connectivity index (χ2v) is 3.58. The number of rotatable bonds is 1. The molecular formula is C7H11NOS. The molecule has 3 heteroatoms. The second-order valence-electron chi connectivity index (χ2n) is 2.50. The van der Waals surface area contributed by atoms with E-state index in [2.05, 4.69) is 18.6 Å². The van der Waals surface area contributed by atoms with Crippen LogP contribution in [0, 0.1) is 5.92 Å². The topological polar surface area (TPSA) is 29.1 Å². The summed E-state index contributed by atoms with van der Waals surface area (Å²) in [6.07, 6.45) is 3.77. The Morgan fingerprint density at radius 3 is 2.70 bits per heavy atom. The smallest absolute Gasteiger partial charge is 0.142 e. The van der Waals surface area contributed by atoms with E-state index in [0.29, 0.717) is 5.92 Å². The number of hydrogen-bond acceptors (Lipinski definition) is 1. The quantitative estimate of drug-likeness (QED) is 0.611. The number of allylic oxidation sites excluding steroid dienone is 3. The molecule has 2 nitrogen and oxygen atoms in total. The molecular weight excluding hydrogens is 146 g/mol. The summed E-state index contributed by atoms with van der Waals surface area (Å²) >= 11 is 0. The first kappa shape index (κ1) is 7.54. The first-order valence-corrected chi connectivity index (χ1v) is 4.47. The van der Waals surface area contributed by atoms with Crippen molar-refractivity contribution in [2.24, 2.45) is 5.92 Å². The molecule has 0 saturated carbocycles. The Bertz CT molecular complexity index is 206. The van der Waals surface area contributed by atoms with E-state index in [0.717, 1.165) is 5.70 Å². The zero-order chi connectivity index (χ0) is 7.56. The summed E-state index contributed by atoms with van der Waals surface area (Å²) in [6.45, 7) is 4.13. The van der Waals surface area contributed by atoms with Gasteiger partial charge >= 0.3 is 0 Å². The van der Waals surface area contributed by atoms with Gasteiger partial charge in [-0.25, -0.2) is 4.21 Å². The van der Waals surface area contributed by atoms with Gasteiger partial charge in [0.1, 0.15) is 11.0 Å². The van der Waals surface area contributed by atoms with Crippen molar-refractivity contribution in [2.45, 2.75) is 13.8 Å². The van der Waals surface area contributed by atoms with Gasteiger partial charge in [-0.2, -0.15) is 0 Å². The van der Waals surface area contributed by atoms with Crippen molar-refractivity contribution in [2.75, 3.05) is 0 Å². The Morgan fingerprint density at radius 2 is 2.30 bits per heavy atom. The highest BCUT2D eigenvalue weighted by atomic mass is 32.2. The van der Waals surface area contributed by atoms with Gasteiger partial charge in [-0.05, 0) is 18.1 Å². The zero-order valence-electron chi connectivity index (χ0n) is 6.13. The average molecular weight is 157 g/mol. The van der Waals surface area contributed by atoms with Crippen LogP contribution in [0.4, 0.5) is 0 Å². The lowest BCUT2D eigenvalue weighted by Crippen LogP contribution is -2.20. The minimum atomic E-state index is -0.990. The molecule has 1 unspecified atom stereocenters. The molecule has 1 rings (SSSR count). The average Bonchev–Trinajstić information content (AvgIpc) is 1.88. The van der Waals surface area contributed by atoms with Crippen LogP contribution in [-0.4, -0.2) is 4.21 Å². The molecule has 0 fully saturated rings. The predicted molar refractivity (Wildman–Crippen MR) is 43.3 cm³/mol. The monoisotopic (exact) mass is 157 g/mol. The molecule has 0 aromatic carbocycles. The largest absolute Gasteiger partial charge is 0.305 e. The lowest BCUT2D eigenvalue weighted by molar-refractivity contribution is 0.671. The summed E-state index contributed by atoms with van der Waals surface area (Å²) in [7, 11) is -0.990. The Balaban J connectivity index is 2.70. The van der Waals surface area contributed by atoms with Crippen LogP contribution in [0.5, 0.6) is 0 Å². The van der Waals surface area contributed by atoms with E-state index in [1.54, 1.807) is 5.41 Å². The van der Waals surface area contributed by atoms with Crippen LogP contribution in [0.3, 0.4) is 0 Å². The van der Waals surface area contributed by atoms with Crippen LogP contribution in [0.25, 0.3) is 0 Å². The molecule has 1 N–H and O–H groups in total. The molecule has 56 valence electrons. The van der Waals surface area contributed by atoms with Gasteiger partial charge in [0, 0.05) is 11.1 Å². The summed E-state index contributed by atoms with van der Waals surface area (Å²) in [5.74, 6) is 0.425. The van der Waals surface area contributed by atoms with Crippen LogP contribution >= 0.6 is 0 Å². The van der Waals surface area contributed by atoms with Gasteiger partial charge in [0.15, 0.2) is 0 Å². The molecule has 0 radical (unpaired) electrons. The van der Waals surface area contributed by atoms with Gasteiger partial charge in [0.05, 0.1) is 0 Å². The summed E-state index contributed by atoms with van der Waals surface area (Å²) in [4.78, 5) is 0.